The number of amides is 1. The molecule has 1 saturated heterocycles. The van der Waals surface area contributed by atoms with Crippen molar-refractivity contribution >= 4 is 5.91 Å². The summed E-state index contributed by atoms with van der Waals surface area (Å²) < 4.78 is 5.21. The fourth-order valence-corrected chi connectivity index (χ4v) is 3.34. The van der Waals surface area contributed by atoms with Gasteiger partial charge < -0.3 is 15.4 Å². The lowest BCUT2D eigenvalue weighted by Crippen LogP contribution is -2.49. The summed E-state index contributed by atoms with van der Waals surface area (Å²) in [5, 5.41) is 0. The topological polar surface area (TPSA) is 55.6 Å². The number of carbonyl (C=O) groups is 1. The van der Waals surface area contributed by atoms with Crippen LogP contribution in [-0.2, 0) is 9.53 Å². The average Bonchev–Trinajstić information content (AvgIpc) is 2.39. The highest BCUT2D eigenvalue weighted by molar-refractivity contribution is 5.79. The van der Waals surface area contributed by atoms with Crippen molar-refractivity contribution in [2.45, 2.75) is 44.6 Å². The van der Waals surface area contributed by atoms with Crippen LogP contribution in [0.2, 0.25) is 0 Å². The van der Waals surface area contributed by atoms with Crippen molar-refractivity contribution in [3.8, 4) is 0 Å². The first kappa shape index (κ1) is 13.8. The molecular formula is C14H26N2O2. The second-order valence-corrected chi connectivity index (χ2v) is 5.80. The van der Waals surface area contributed by atoms with Crippen LogP contribution in [0.15, 0.2) is 0 Å². The van der Waals surface area contributed by atoms with E-state index >= 15 is 0 Å². The largest absolute Gasteiger partial charge is 0.384 e. The second kappa shape index (κ2) is 6.53. The molecule has 4 nitrogen and oxygen atoms in total. The van der Waals surface area contributed by atoms with Crippen LogP contribution in [0.3, 0.4) is 0 Å². The van der Waals surface area contributed by atoms with E-state index in [9.17, 15) is 4.79 Å². The van der Waals surface area contributed by atoms with Crippen molar-refractivity contribution in [2.75, 3.05) is 26.8 Å². The van der Waals surface area contributed by atoms with Gasteiger partial charge in [0.15, 0.2) is 0 Å². The van der Waals surface area contributed by atoms with Crippen molar-refractivity contribution < 1.29 is 9.53 Å². The van der Waals surface area contributed by atoms with Crippen LogP contribution in [0.25, 0.3) is 0 Å². The number of nitrogens with two attached hydrogens (primary N) is 1. The Kier molecular flexibility index (Phi) is 5.01. The van der Waals surface area contributed by atoms with E-state index in [4.69, 9.17) is 10.5 Å². The first-order chi connectivity index (χ1) is 8.72. The van der Waals surface area contributed by atoms with Gasteiger partial charge >= 0.3 is 0 Å². The van der Waals surface area contributed by atoms with Crippen LogP contribution >= 0.6 is 0 Å². The summed E-state index contributed by atoms with van der Waals surface area (Å²) in [6.45, 7) is 2.53. The maximum Gasteiger partial charge on any atom is 0.227 e. The molecule has 104 valence electrons. The molecule has 4 heteroatoms. The maximum absolute atomic E-state index is 12.5. The summed E-state index contributed by atoms with van der Waals surface area (Å²) in [6.07, 6.45) is 6.59. The molecule has 2 rings (SSSR count). The van der Waals surface area contributed by atoms with Gasteiger partial charge in [-0.25, -0.2) is 0 Å². The lowest BCUT2D eigenvalue weighted by atomic mass is 9.83. The molecule has 18 heavy (non-hydrogen) atoms. The highest BCUT2D eigenvalue weighted by Crippen LogP contribution is 2.27. The highest BCUT2D eigenvalue weighted by Gasteiger charge is 2.33. The summed E-state index contributed by atoms with van der Waals surface area (Å²) in [7, 11) is 1.73. The van der Waals surface area contributed by atoms with Gasteiger partial charge in [0.2, 0.25) is 5.91 Å². The third-order valence-electron chi connectivity index (χ3n) is 4.37. The predicted octanol–water partition coefficient (Wildman–Crippen LogP) is 1.39. The van der Waals surface area contributed by atoms with Gasteiger partial charge in [-0.3, -0.25) is 4.79 Å². The first-order valence-electron chi connectivity index (χ1n) is 7.25. The molecule has 0 aromatic heterocycles. The molecule has 3 unspecified atom stereocenters. The van der Waals surface area contributed by atoms with Crippen molar-refractivity contribution in [3.63, 3.8) is 0 Å². The third kappa shape index (κ3) is 3.23. The monoisotopic (exact) mass is 254 g/mol. The first-order valence-corrected chi connectivity index (χ1v) is 7.25. The molecule has 0 spiro atoms. The van der Waals surface area contributed by atoms with E-state index in [1.165, 1.54) is 12.8 Å². The number of likely N-dealkylation sites (tertiary alicyclic amines) is 1. The van der Waals surface area contributed by atoms with Crippen molar-refractivity contribution in [2.24, 2.45) is 17.6 Å². The highest BCUT2D eigenvalue weighted by atomic mass is 16.5. The Balaban J connectivity index is 1.91. The molecule has 1 amide bonds. The number of methoxy groups -OCH3 is 1. The second-order valence-electron chi connectivity index (χ2n) is 5.80. The van der Waals surface area contributed by atoms with E-state index in [0.717, 1.165) is 45.4 Å². The number of rotatable bonds is 3. The van der Waals surface area contributed by atoms with Gasteiger partial charge in [-0.2, -0.15) is 0 Å². The normalized spacial score (nSPS) is 33.4. The Bertz CT molecular complexity index is 281. The molecule has 2 fully saturated rings. The molecule has 0 aromatic carbocycles. The summed E-state index contributed by atoms with van der Waals surface area (Å²) in [5.41, 5.74) is 6.11. The molecule has 2 N–H and O–H groups in total. The van der Waals surface area contributed by atoms with Gasteiger partial charge in [0.25, 0.3) is 0 Å². The zero-order chi connectivity index (χ0) is 13.0. The lowest BCUT2D eigenvalue weighted by molar-refractivity contribution is -0.139. The lowest BCUT2D eigenvalue weighted by Gasteiger charge is -2.37. The summed E-state index contributed by atoms with van der Waals surface area (Å²) in [4.78, 5) is 14.5. The van der Waals surface area contributed by atoms with Crippen molar-refractivity contribution in [1.82, 2.24) is 4.90 Å². The predicted molar refractivity (Wildman–Crippen MR) is 71.1 cm³/mol. The van der Waals surface area contributed by atoms with Crippen LogP contribution in [-0.4, -0.2) is 43.7 Å². The van der Waals surface area contributed by atoms with Crippen LogP contribution in [0.4, 0.5) is 0 Å². The van der Waals surface area contributed by atoms with E-state index in [-0.39, 0.29) is 12.0 Å². The quantitative estimate of drug-likeness (QED) is 0.828. The minimum atomic E-state index is 0.0695. The van der Waals surface area contributed by atoms with Crippen molar-refractivity contribution in [1.29, 1.82) is 0 Å². The fraction of sp³-hybridized carbons (Fsp3) is 0.929. The number of hydrogen-bond acceptors (Lipinski definition) is 3. The smallest absolute Gasteiger partial charge is 0.227 e. The molecule has 1 aliphatic heterocycles. The van der Waals surface area contributed by atoms with E-state index in [0.29, 0.717) is 11.8 Å². The molecule has 0 radical (unpaired) electrons. The summed E-state index contributed by atoms with van der Waals surface area (Å²) >= 11 is 0. The molecule has 0 bridgehead atoms. The molecule has 3 atom stereocenters. The van der Waals surface area contributed by atoms with E-state index in [1.807, 2.05) is 4.90 Å². The number of ether oxygens (including phenoxy) is 1. The standard InChI is InChI=1S/C14H26N2O2/c1-18-10-11-5-4-8-16(9-11)14(17)12-6-2-3-7-13(12)15/h11-13H,2-10,15H2,1H3. The molecule has 1 heterocycles. The SMILES string of the molecule is COCC1CCCN(C(=O)C2CCCCC2N)C1. The zero-order valence-electron chi connectivity index (χ0n) is 11.4. The fourth-order valence-electron chi connectivity index (χ4n) is 3.34. The van der Waals surface area contributed by atoms with Crippen LogP contribution < -0.4 is 5.73 Å². The summed E-state index contributed by atoms with van der Waals surface area (Å²) in [6, 6.07) is 0.0778. The number of hydrogen-bond donors (Lipinski definition) is 1. The maximum atomic E-state index is 12.5. The van der Waals surface area contributed by atoms with E-state index in [2.05, 4.69) is 0 Å². The molecule has 2 aliphatic rings. The van der Waals surface area contributed by atoms with Gasteiger partial charge in [0, 0.05) is 26.2 Å². The number of carbonyl (C=O) groups excluding carboxylic acids is 1. The minimum absolute atomic E-state index is 0.0695. The minimum Gasteiger partial charge on any atom is -0.384 e. The van der Waals surface area contributed by atoms with Gasteiger partial charge in [0.1, 0.15) is 0 Å². The summed E-state index contributed by atoms with van der Waals surface area (Å²) in [5.74, 6) is 0.871. The molecular weight excluding hydrogens is 228 g/mol. The number of nitrogens with zero attached hydrogens (tertiary/aromatic N) is 1. The Morgan fingerprint density at radius 3 is 2.78 bits per heavy atom. The Morgan fingerprint density at radius 1 is 1.28 bits per heavy atom. The third-order valence-corrected chi connectivity index (χ3v) is 4.37. The Labute approximate surface area is 110 Å². The van der Waals surface area contributed by atoms with Gasteiger partial charge in [-0.1, -0.05) is 12.8 Å². The molecule has 0 aromatic rings. The number of piperidine rings is 1. The van der Waals surface area contributed by atoms with Crippen LogP contribution in [0.1, 0.15) is 38.5 Å². The van der Waals surface area contributed by atoms with Crippen molar-refractivity contribution in [3.05, 3.63) is 0 Å². The van der Waals surface area contributed by atoms with Crippen LogP contribution in [0, 0.1) is 11.8 Å². The molecule has 1 aliphatic carbocycles. The zero-order valence-corrected chi connectivity index (χ0v) is 11.4. The van der Waals surface area contributed by atoms with Gasteiger partial charge in [-0.05, 0) is 31.6 Å². The van der Waals surface area contributed by atoms with E-state index < -0.39 is 0 Å². The van der Waals surface area contributed by atoms with Gasteiger partial charge in [0.05, 0.1) is 12.5 Å². The van der Waals surface area contributed by atoms with Crippen LogP contribution in [0.5, 0.6) is 0 Å². The average molecular weight is 254 g/mol. The van der Waals surface area contributed by atoms with E-state index in [1.54, 1.807) is 7.11 Å². The Morgan fingerprint density at radius 2 is 2.06 bits per heavy atom. The Hall–Kier alpha value is -0.610. The molecule has 1 saturated carbocycles. The van der Waals surface area contributed by atoms with Gasteiger partial charge in [-0.15, -0.1) is 0 Å².